The third-order valence-corrected chi connectivity index (χ3v) is 3.14. The second kappa shape index (κ2) is 13.2. The van der Waals surface area contributed by atoms with E-state index in [-0.39, 0.29) is 55.0 Å². The van der Waals surface area contributed by atoms with E-state index in [1.165, 1.54) is 0 Å². The fraction of sp³-hybridized carbons (Fsp3) is 0.714. The molecule has 0 amide bonds. The van der Waals surface area contributed by atoms with Crippen LogP contribution in [0.25, 0.3) is 0 Å². The van der Waals surface area contributed by atoms with Gasteiger partial charge in [-0.3, -0.25) is 4.79 Å². The lowest BCUT2D eigenvalue weighted by Crippen LogP contribution is -3.00. The highest BCUT2D eigenvalue weighted by Gasteiger charge is 2.20. The van der Waals surface area contributed by atoms with Crippen molar-refractivity contribution in [2.45, 2.75) is 12.5 Å². The lowest BCUT2D eigenvalue weighted by molar-refractivity contribution is -0.138. The van der Waals surface area contributed by atoms with Crippen LogP contribution >= 0.6 is 25.9 Å². The molecule has 0 aromatic heterocycles. The zero-order valence-corrected chi connectivity index (χ0v) is 12.1. The minimum Gasteiger partial charge on any atom is -1.00 e. The van der Waals surface area contributed by atoms with Gasteiger partial charge in [-0.1, -0.05) is 0 Å². The van der Waals surface area contributed by atoms with Gasteiger partial charge in [0.05, 0.1) is 6.26 Å². The number of hydrogen-bond donors (Lipinski definition) is 3. The number of carboxylic acids is 2. The summed E-state index contributed by atoms with van der Waals surface area (Å²) in [6.45, 7) is 0. The van der Waals surface area contributed by atoms with E-state index in [0.29, 0.717) is 12.2 Å². The second-order valence-corrected chi connectivity index (χ2v) is 5.02. The van der Waals surface area contributed by atoms with Crippen molar-refractivity contribution in [2.24, 2.45) is 5.73 Å². The van der Waals surface area contributed by atoms with Gasteiger partial charge in [-0.2, -0.15) is 13.5 Å². The Labute approximate surface area is 117 Å². The van der Waals surface area contributed by atoms with Crippen LogP contribution < -0.4 is 18.1 Å². The van der Waals surface area contributed by atoms with Crippen LogP contribution in [0.1, 0.15) is 6.42 Å². The summed E-state index contributed by atoms with van der Waals surface area (Å²) in [6.07, 6.45) is 2.13. The Morgan fingerprint density at radius 1 is 1.38 bits per heavy atom. The molecule has 2 atom stereocenters. The molecule has 0 aromatic rings. The SMILES string of the molecule is C[S+](CC[C@H](N)C(=O)O)CC(=O)O.Cl.S.[Cl-]. The maximum Gasteiger partial charge on any atom is 0.353 e. The van der Waals surface area contributed by atoms with Crippen LogP contribution in [-0.4, -0.2) is 46.0 Å². The van der Waals surface area contributed by atoms with Crippen molar-refractivity contribution in [1.29, 1.82) is 0 Å². The molecule has 4 N–H and O–H groups in total. The highest BCUT2D eigenvalue weighted by atomic mass is 35.5. The normalized spacial score (nSPS) is 12.1. The smallest absolute Gasteiger partial charge is 0.353 e. The molecule has 16 heavy (non-hydrogen) atoms. The second-order valence-electron chi connectivity index (χ2n) is 2.76. The van der Waals surface area contributed by atoms with Crippen molar-refractivity contribution in [3.8, 4) is 0 Å². The number of rotatable bonds is 6. The highest BCUT2D eigenvalue weighted by Crippen LogP contribution is 1.98. The van der Waals surface area contributed by atoms with Crippen LogP contribution in [0, 0.1) is 0 Å². The molecule has 0 radical (unpaired) electrons. The van der Waals surface area contributed by atoms with Gasteiger partial charge in [-0.15, -0.1) is 12.4 Å². The molecule has 0 fully saturated rings. The lowest BCUT2D eigenvalue weighted by atomic mass is 10.2. The van der Waals surface area contributed by atoms with Crippen LogP contribution in [0.4, 0.5) is 0 Å². The molecule has 1 unspecified atom stereocenters. The van der Waals surface area contributed by atoms with E-state index < -0.39 is 18.0 Å². The van der Waals surface area contributed by atoms with Crippen molar-refractivity contribution in [2.75, 3.05) is 17.8 Å². The summed E-state index contributed by atoms with van der Waals surface area (Å²) in [4.78, 5) is 20.5. The van der Waals surface area contributed by atoms with Crippen molar-refractivity contribution in [1.82, 2.24) is 0 Å². The number of aliphatic carboxylic acids is 2. The summed E-state index contributed by atoms with van der Waals surface area (Å²) in [5.74, 6) is -1.24. The Bertz CT molecular complexity index is 209. The minimum atomic E-state index is -1.03. The molecule has 0 aromatic carbocycles. The third kappa shape index (κ3) is 14.2. The maximum absolute atomic E-state index is 10.3. The van der Waals surface area contributed by atoms with E-state index in [1.807, 2.05) is 0 Å². The van der Waals surface area contributed by atoms with Gasteiger partial charge < -0.3 is 28.4 Å². The van der Waals surface area contributed by atoms with E-state index in [4.69, 9.17) is 15.9 Å². The standard InChI is InChI=1S/C7H13NO4S.2ClH.H2S/c1-13(4-6(9)10)3-2-5(8)7(11)12;;;/h5H,2-4,8H2,1H3,(H-,9,10,11,12);2*1H;1H2/t5-,13?;;;/m0.../s1. The largest absolute Gasteiger partial charge is 1.00 e. The van der Waals surface area contributed by atoms with Gasteiger partial charge >= 0.3 is 11.9 Å². The Hall–Kier alpha value is 0.180. The Kier molecular flexibility index (Phi) is 20.8. The Morgan fingerprint density at radius 2 is 1.81 bits per heavy atom. The average Bonchev–Trinajstić information content (AvgIpc) is 1.98. The van der Waals surface area contributed by atoms with Crippen molar-refractivity contribution in [3.05, 3.63) is 0 Å². The first-order valence-electron chi connectivity index (χ1n) is 3.72. The Morgan fingerprint density at radius 3 is 2.12 bits per heavy atom. The zero-order valence-electron chi connectivity index (χ0n) is 8.68. The van der Waals surface area contributed by atoms with Crippen molar-refractivity contribution >= 4 is 48.7 Å². The van der Waals surface area contributed by atoms with Gasteiger partial charge in [0, 0.05) is 6.42 Å². The third-order valence-electron chi connectivity index (χ3n) is 1.46. The molecule has 0 heterocycles. The molecule has 0 aliphatic heterocycles. The van der Waals surface area contributed by atoms with E-state index in [2.05, 4.69) is 0 Å². The van der Waals surface area contributed by atoms with E-state index >= 15 is 0 Å². The molecule has 9 heteroatoms. The van der Waals surface area contributed by atoms with Crippen LogP contribution in [0.15, 0.2) is 0 Å². The summed E-state index contributed by atoms with van der Waals surface area (Å²) >= 11 is 0. The van der Waals surface area contributed by atoms with Gasteiger partial charge in [-0.05, 0) is 10.9 Å². The van der Waals surface area contributed by atoms with Gasteiger partial charge in [0.2, 0.25) is 5.75 Å². The predicted molar refractivity (Wildman–Crippen MR) is 68.5 cm³/mol. The lowest BCUT2D eigenvalue weighted by Gasteiger charge is -2.04. The first-order valence-corrected chi connectivity index (χ1v) is 5.70. The molecular formula is C7H17Cl2NO4S2. The number of nitrogens with two attached hydrogens (primary N) is 1. The number of hydrogen-bond acceptors (Lipinski definition) is 3. The summed E-state index contributed by atoms with van der Waals surface area (Å²) < 4.78 is 0. The summed E-state index contributed by atoms with van der Waals surface area (Å²) in [5, 5.41) is 16.9. The van der Waals surface area contributed by atoms with Crippen molar-refractivity contribution < 1.29 is 32.2 Å². The van der Waals surface area contributed by atoms with Gasteiger partial charge in [-0.25, -0.2) is 4.79 Å². The van der Waals surface area contributed by atoms with Crippen LogP contribution in [-0.2, 0) is 20.5 Å². The summed E-state index contributed by atoms with van der Waals surface area (Å²) in [5.41, 5.74) is 5.25. The van der Waals surface area contributed by atoms with E-state index in [1.54, 1.807) is 6.26 Å². The number of halogens is 2. The molecule has 0 saturated carbocycles. The molecule has 0 saturated heterocycles. The first kappa shape index (κ1) is 25.1. The van der Waals surface area contributed by atoms with Crippen LogP contribution in [0.2, 0.25) is 0 Å². The number of carboxylic acid groups (broad SMARTS) is 2. The zero-order chi connectivity index (χ0) is 10.4. The summed E-state index contributed by atoms with van der Waals surface area (Å²) in [7, 11) is -0.280. The highest BCUT2D eigenvalue weighted by molar-refractivity contribution is 7.96. The molecule has 0 rings (SSSR count). The minimum absolute atomic E-state index is 0. The fourth-order valence-electron chi connectivity index (χ4n) is 0.735. The molecule has 0 spiro atoms. The van der Waals surface area contributed by atoms with Gasteiger partial charge in [0.25, 0.3) is 0 Å². The summed E-state index contributed by atoms with van der Waals surface area (Å²) in [6, 6.07) is -0.872. The first-order chi connectivity index (χ1) is 5.93. The molecular weight excluding hydrogens is 297 g/mol. The number of carbonyl (C=O) groups is 2. The molecule has 0 aliphatic carbocycles. The molecule has 0 bridgehead atoms. The maximum atomic E-state index is 10.3. The quantitative estimate of drug-likeness (QED) is 0.445. The fourth-order valence-corrected chi connectivity index (χ4v) is 1.96. The molecule has 5 nitrogen and oxygen atoms in total. The molecule has 100 valence electrons. The predicted octanol–water partition coefficient (Wildman–Crippen LogP) is -3.34. The molecule has 0 aliphatic rings. The van der Waals surface area contributed by atoms with Gasteiger partial charge in [0.15, 0.2) is 0 Å². The topological polar surface area (TPSA) is 101 Å². The van der Waals surface area contributed by atoms with Crippen molar-refractivity contribution in [3.63, 3.8) is 0 Å². The van der Waals surface area contributed by atoms with E-state index in [9.17, 15) is 9.59 Å². The monoisotopic (exact) mass is 313 g/mol. The van der Waals surface area contributed by atoms with Crippen LogP contribution in [0.3, 0.4) is 0 Å². The van der Waals surface area contributed by atoms with E-state index in [0.717, 1.165) is 0 Å². The van der Waals surface area contributed by atoms with Crippen LogP contribution in [0.5, 0.6) is 0 Å². The Balaban J connectivity index is -0.000000240. The van der Waals surface area contributed by atoms with Gasteiger partial charge in [0.1, 0.15) is 11.8 Å². The average molecular weight is 314 g/mol.